The maximum Gasteiger partial charge on any atom is -0.000705 e. The van der Waals surface area contributed by atoms with Gasteiger partial charge in [0.1, 0.15) is 0 Å². The Morgan fingerprint density at radius 2 is 1.08 bits per heavy atom. The van der Waals surface area contributed by atoms with Crippen LogP contribution in [0.5, 0.6) is 0 Å². The first-order chi connectivity index (χ1) is 18.4. The van der Waals surface area contributed by atoms with E-state index >= 15 is 0 Å². The molecule has 0 radical (unpaired) electrons. The lowest BCUT2D eigenvalue weighted by Gasteiger charge is -2.23. The molecule has 2 aliphatic rings. The molecule has 0 unspecified atom stereocenters. The molecule has 0 atom stereocenters. The molecule has 5 aromatic carbocycles. The molecule has 180 valence electrons. The van der Waals surface area contributed by atoms with Gasteiger partial charge in [-0.15, -0.1) is 0 Å². The molecule has 0 N–H and O–H groups in total. The van der Waals surface area contributed by atoms with Gasteiger partial charge >= 0.3 is 0 Å². The van der Waals surface area contributed by atoms with E-state index in [9.17, 15) is 0 Å². The predicted octanol–water partition coefficient (Wildman–Crippen LogP) is 10.3. The van der Waals surface area contributed by atoms with Gasteiger partial charge in [0.25, 0.3) is 0 Å². The van der Waals surface area contributed by atoms with Crippen LogP contribution in [0.4, 0.5) is 0 Å². The van der Waals surface area contributed by atoms with E-state index < -0.39 is 0 Å². The summed E-state index contributed by atoms with van der Waals surface area (Å²) in [5.41, 5.74) is 15.1. The third kappa shape index (κ3) is 4.02. The van der Waals surface area contributed by atoms with Crippen LogP contribution in [0.1, 0.15) is 54.7 Å². The minimum absolute atomic E-state index is 0.724. The highest BCUT2D eigenvalue weighted by Crippen LogP contribution is 2.50. The lowest BCUT2D eigenvalue weighted by Crippen LogP contribution is -2.04. The molecule has 5 aromatic rings. The van der Waals surface area contributed by atoms with Gasteiger partial charge in [-0.25, -0.2) is 0 Å². The van der Waals surface area contributed by atoms with Gasteiger partial charge in [0.15, 0.2) is 0 Å². The molecular formula is C37H32. The van der Waals surface area contributed by atoms with Crippen molar-refractivity contribution in [2.24, 2.45) is 0 Å². The molecule has 0 heterocycles. The number of hydrogen-bond donors (Lipinski definition) is 0. The van der Waals surface area contributed by atoms with E-state index in [1.54, 1.807) is 0 Å². The zero-order valence-corrected chi connectivity index (χ0v) is 21.3. The van der Waals surface area contributed by atoms with Crippen molar-refractivity contribution in [3.63, 3.8) is 0 Å². The maximum absolute atomic E-state index is 2.46. The van der Waals surface area contributed by atoms with Crippen LogP contribution in [0, 0.1) is 0 Å². The van der Waals surface area contributed by atoms with Gasteiger partial charge in [-0.1, -0.05) is 128 Å². The Balaban J connectivity index is 1.49. The predicted molar refractivity (Wildman–Crippen MR) is 157 cm³/mol. The summed E-state index contributed by atoms with van der Waals surface area (Å²) in [4.78, 5) is 0. The normalized spacial score (nSPS) is 14.8. The van der Waals surface area contributed by atoms with Gasteiger partial charge in [0, 0.05) is 0 Å². The summed E-state index contributed by atoms with van der Waals surface area (Å²) < 4.78 is 0. The molecule has 0 nitrogen and oxygen atoms in total. The van der Waals surface area contributed by atoms with Crippen molar-refractivity contribution in [2.45, 2.75) is 44.4 Å². The third-order valence-electron chi connectivity index (χ3n) is 8.53. The second-order valence-electron chi connectivity index (χ2n) is 10.7. The van der Waals surface area contributed by atoms with Gasteiger partial charge in [0.05, 0.1) is 0 Å². The molecule has 0 spiro atoms. The summed E-state index contributed by atoms with van der Waals surface area (Å²) in [6.07, 6.45) is 7.80. The van der Waals surface area contributed by atoms with E-state index in [4.69, 9.17) is 0 Å². The van der Waals surface area contributed by atoms with E-state index in [1.165, 1.54) is 93.3 Å². The minimum atomic E-state index is 0.724. The molecule has 7 rings (SSSR count). The van der Waals surface area contributed by atoms with E-state index in [0.29, 0.717) is 0 Å². The Kier molecular flexibility index (Phi) is 5.74. The van der Waals surface area contributed by atoms with Crippen molar-refractivity contribution in [3.05, 3.63) is 132 Å². The average Bonchev–Trinajstić information content (AvgIpc) is 3.36. The lowest BCUT2D eigenvalue weighted by atomic mass is 9.81. The monoisotopic (exact) mass is 476 g/mol. The lowest BCUT2D eigenvalue weighted by molar-refractivity contribution is 0.443. The molecular weight excluding hydrogens is 444 g/mol. The van der Waals surface area contributed by atoms with Crippen LogP contribution in [0.3, 0.4) is 0 Å². The fourth-order valence-corrected chi connectivity index (χ4v) is 6.70. The van der Waals surface area contributed by atoms with Gasteiger partial charge in [-0.2, -0.15) is 0 Å². The van der Waals surface area contributed by atoms with Crippen LogP contribution < -0.4 is 0 Å². The zero-order chi connectivity index (χ0) is 24.6. The Hall–Kier alpha value is -3.90. The van der Waals surface area contributed by atoms with E-state index in [-0.39, 0.29) is 0 Å². The molecule has 37 heavy (non-hydrogen) atoms. The van der Waals surface area contributed by atoms with E-state index in [2.05, 4.69) is 115 Å². The first-order valence-electron chi connectivity index (χ1n) is 13.9. The Morgan fingerprint density at radius 1 is 0.459 bits per heavy atom. The highest BCUT2D eigenvalue weighted by Gasteiger charge is 2.27. The standard InChI is InChI=1S/C37H32/c1-4-12-26(13-5-1)27-20-22-30(23-21-27)37-35-24-31-18-10-11-19-32(31)34(35)25-33(28-14-6-2-7-15-28)36(37)29-16-8-3-9-17-29/h2-3,6-11,14-23,25-26H,1,4-5,12-13,24H2. The SMILES string of the molecule is c1ccc(-c2cc3c(c(-c4ccc(C5CCCCC5)cc4)c2-c2ccccc2)Cc2ccccc2-3)cc1. The molecule has 0 bridgehead atoms. The Morgan fingerprint density at radius 3 is 1.81 bits per heavy atom. The minimum Gasteiger partial charge on any atom is -0.0622 e. The third-order valence-corrected chi connectivity index (χ3v) is 8.53. The summed E-state index contributed by atoms with van der Waals surface area (Å²) in [6.45, 7) is 0. The fourth-order valence-electron chi connectivity index (χ4n) is 6.70. The zero-order valence-electron chi connectivity index (χ0n) is 21.3. The number of benzene rings is 5. The first kappa shape index (κ1) is 22.3. The fraction of sp³-hybridized carbons (Fsp3) is 0.189. The highest BCUT2D eigenvalue weighted by molar-refractivity contribution is 6.01. The molecule has 1 fully saturated rings. The summed E-state index contributed by atoms with van der Waals surface area (Å²) in [5.74, 6) is 0.724. The largest absolute Gasteiger partial charge is 0.0622 e. The van der Waals surface area contributed by atoms with Crippen LogP contribution in [0.25, 0.3) is 44.5 Å². The van der Waals surface area contributed by atoms with Gasteiger partial charge in [-0.05, 0) is 92.4 Å². The van der Waals surface area contributed by atoms with Gasteiger partial charge in [0.2, 0.25) is 0 Å². The molecule has 2 aliphatic carbocycles. The van der Waals surface area contributed by atoms with Crippen LogP contribution in [0.15, 0.2) is 115 Å². The molecule has 1 saturated carbocycles. The quantitative estimate of drug-likeness (QED) is 0.237. The molecule has 0 aromatic heterocycles. The van der Waals surface area contributed by atoms with Gasteiger partial charge < -0.3 is 0 Å². The average molecular weight is 477 g/mol. The number of fused-ring (bicyclic) bond motifs is 3. The summed E-state index contributed by atoms with van der Waals surface area (Å²) in [6, 6.07) is 43.0. The number of hydrogen-bond acceptors (Lipinski definition) is 0. The summed E-state index contributed by atoms with van der Waals surface area (Å²) in [5, 5.41) is 0. The first-order valence-corrected chi connectivity index (χ1v) is 13.9. The Bertz CT molecular complexity index is 1540. The van der Waals surface area contributed by atoms with Crippen LogP contribution >= 0.6 is 0 Å². The molecule has 0 amide bonds. The van der Waals surface area contributed by atoms with E-state index in [0.717, 1.165) is 12.3 Å². The Labute approximate surface area is 220 Å². The second kappa shape index (κ2) is 9.52. The topological polar surface area (TPSA) is 0 Å². The summed E-state index contributed by atoms with van der Waals surface area (Å²) in [7, 11) is 0. The second-order valence-corrected chi connectivity index (χ2v) is 10.7. The van der Waals surface area contributed by atoms with Crippen molar-refractivity contribution >= 4 is 0 Å². The van der Waals surface area contributed by atoms with Crippen molar-refractivity contribution < 1.29 is 0 Å². The van der Waals surface area contributed by atoms with Crippen molar-refractivity contribution in [2.75, 3.05) is 0 Å². The van der Waals surface area contributed by atoms with Crippen molar-refractivity contribution in [1.82, 2.24) is 0 Å². The van der Waals surface area contributed by atoms with Crippen molar-refractivity contribution in [3.8, 4) is 44.5 Å². The van der Waals surface area contributed by atoms with Crippen LogP contribution in [0.2, 0.25) is 0 Å². The van der Waals surface area contributed by atoms with Crippen LogP contribution in [-0.2, 0) is 6.42 Å². The molecule has 0 saturated heterocycles. The van der Waals surface area contributed by atoms with Crippen LogP contribution in [-0.4, -0.2) is 0 Å². The molecule has 0 aliphatic heterocycles. The highest BCUT2D eigenvalue weighted by atomic mass is 14.3. The van der Waals surface area contributed by atoms with Crippen molar-refractivity contribution in [1.29, 1.82) is 0 Å². The maximum atomic E-state index is 2.46. The smallest absolute Gasteiger partial charge is 0.000705 e. The van der Waals surface area contributed by atoms with E-state index in [1.807, 2.05) is 0 Å². The number of rotatable bonds is 4. The molecule has 0 heteroatoms. The summed E-state index contributed by atoms with van der Waals surface area (Å²) >= 11 is 0. The van der Waals surface area contributed by atoms with Gasteiger partial charge in [-0.3, -0.25) is 0 Å².